The van der Waals surface area contributed by atoms with E-state index in [0.717, 1.165) is 0 Å². The molecule has 0 aliphatic rings. The number of rotatable bonds is 6. The molecule has 0 nitrogen and oxygen atoms in total. The molecule has 0 fully saturated rings. The standard InChI is InChI=1S/C6H14.C6H12/c2*1-3-5-6-4-2/h3-6H2,1-2H3;3H,1,4-6H2,2H3. The Bertz CT molecular complexity index is 60.4. The third kappa shape index (κ3) is 22.6. The Morgan fingerprint density at radius 2 is 1.25 bits per heavy atom. The summed E-state index contributed by atoms with van der Waals surface area (Å²) >= 11 is 0. The largest absolute Gasteiger partial charge is 0.103 e. The van der Waals surface area contributed by atoms with E-state index < -0.39 is 0 Å². The molecule has 0 saturated carbocycles. The van der Waals surface area contributed by atoms with Crippen LogP contribution in [-0.2, 0) is 0 Å². The first-order valence-corrected chi connectivity index (χ1v) is 5.44. The smallest absolute Gasteiger partial charge is 0.0354 e. The van der Waals surface area contributed by atoms with Crippen LogP contribution in [0.4, 0.5) is 0 Å². The molecule has 0 aliphatic heterocycles. The molecule has 0 aliphatic carbocycles. The SMILES string of the molecule is C=CCCCC.CCCCCC. The van der Waals surface area contributed by atoms with Gasteiger partial charge in [-0.15, -0.1) is 6.58 Å². The highest BCUT2D eigenvalue weighted by atomic mass is 13.8. The van der Waals surface area contributed by atoms with Crippen LogP contribution >= 0.6 is 0 Å². The molecule has 0 heteroatoms. The van der Waals surface area contributed by atoms with Crippen LogP contribution in [0.3, 0.4) is 0 Å². The highest BCUT2D eigenvalue weighted by Gasteiger charge is 1.75. The number of unbranched alkanes of at least 4 members (excludes halogenated alkanes) is 5. The quantitative estimate of drug-likeness (QED) is 0.391. The predicted molar refractivity (Wildman–Crippen MR) is 59.5 cm³/mol. The van der Waals surface area contributed by atoms with E-state index in [1.807, 2.05) is 6.08 Å². The lowest BCUT2D eigenvalue weighted by Crippen LogP contribution is -1.66. The van der Waals surface area contributed by atoms with Gasteiger partial charge in [0.05, 0.1) is 0 Å². The Balaban J connectivity index is 0. The van der Waals surface area contributed by atoms with Crippen LogP contribution in [0.1, 0.15) is 65.7 Å². The van der Waals surface area contributed by atoms with Crippen molar-refractivity contribution in [2.45, 2.75) is 65.7 Å². The van der Waals surface area contributed by atoms with Crippen molar-refractivity contribution in [2.75, 3.05) is 0 Å². The van der Waals surface area contributed by atoms with Gasteiger partial charge in [-0.3, -0.25) is 0 Å². The third-order valence-corrected chi connectivity index (χ3v) is 1.72. The molecule has 0 aromatic carbocycles. The van der Waals surface area contributed by atoms with Crippen LogP contribution < -0.4 is 0 Å². The molecule has 0 radical (unpaired) electrons. The van der Waals surface area contributed by atoms with Gasteiger partial charge in [0.1, 0.15) is 0 Å². The van der Waals surface area contributed by atoms with E-state index in [1.165, 1.54) is 44.9 Å². The molecule has 0 atom stereocenters. The Hall–Kier alpha value is -0.260. The van der Waals surface area contributed by atoms with Crippen molar-refractivity contribution in [3.63, 3.8) is 0 Å². The molecular weight excluding hydrogens is 144 g/mol. The Morgan fingerprint density at radius 3 is 1.42 bits per heavy atom. The molecule has 0 saturated heterocycles. The van der Waals surface area contributed by atoms with Crippen molar-refractivity contribution in [1.82, 2.24) is 0 Å². The van der Waals surface area contributed by atoms with E-state index in [9.17, 15) is 0 Å². The predicted octanol–water partition coefficient (Wildman–Crippen LogP) is 4.95. The van der Waals surface area contributed by atoms with Crippen LogP contribution in [0.5, 0.6) is 0 Å². The molecule has 0 bridgehead atoms. The van der Waals surface area contributed by atoms with Crippen LogP contribution in [-0.4, -0.2) is 0 Å². The second kappa shape index (κ2) is 17.0. The third-order valence-electron chi connectivity index (χ3n) is 1.72. The topological polar surface area (TPSA) is 0 Å². The monoisotopic (exact) mass is 170 g/mol. The highest BCUT2D eigenvalue weighted by Crippen LogP contribution is 1.95. The molecular formula is C12H26. The fourth-order valence-corrected chi connectivity index (χ4v) is 0.848. The second-order valence-electron chi connectivity index (χ2n) is 3.14. The molecule has 12 heavy (non-hydrogen) atoms. The molecule has 0 spiro atoms. The zero-order chi connectivity index (χ0) is 9.66. The van der Waals surface area contributed by atoms with Crippen LogP contribution in [0, 0.1) is 0 Å². The Labute approximate surface area is 79.1 Å². The lowest BCUT2D eigenvalue weighted by Gasteiger charge is -1.86. The number of hydrogen-bond acceptors (Lipinski definition) is 0. The fourth-order valence-electron chi connectivity index (χ4n) is 0.848. The van der Waals surface area contributed by atoms with E-state index in [0.29, 0.717) is 0 Å². The minimum Gasteiger partial charge on any atom is -0.103 e. The van der Waals surface area contributed by atoms with Gasteiger partial charge in [-0.1, -0.05) is 65.4 Å². The lowest BCUT2D eigenvalue weighted by atomic mass is 10.2. The lowest BCUT2D eigenvalue weighted by molar-refractivity contribution is 0.702. The summed E-state index contributed by atoms with van der Waals surface area (Å²) in [6, 6.07) is 0. The van der Waals surface area contributed by atoms with Gasteiger partial charge in [-0.25, -0.2) is 0 Å². The van der Waals surface area contributed by atoms with Crippen LogP contribution in [0.25, 0.3) is 0 Å². The van der Waals surface area contributed by atoms with E-state index in [1.54, 1.807) is 0 Å². The first kappa shape index (κ1) is 14.3. The maximum absolute atomic E-state index is 3.60. The maximum Gasteiger partial charge on any atom is -0.0354 e. The van der Waals surface area contributed by atoms with E-state index in [4.69, 9.17) is 0 Å². The molecule has 0 rings (SSSR count). The zero-order valence-electron chi connectivity index (χ0n) is 9.23. The highest BCUT2D eigenvalue weighted by molar-refractivity contribution is 4.64. The summed E-state index contributed by atoms with van der Waals surface area (Å²) in [5, 5.41) is 0. The van der Waals surface area contributed by atoms with Gasteiger partial charge in [0, 0.05) is 0 Å². The van der Waals surface area contributed by atoms with E-state index in [2.05, 4.69) is 27.4 Å². The minimum atomic E-state index is 1.18. The molecule has 0 unspecified atom stereocenters. The maximum atomic E-state index is 3.60. The molecule has 0 amide bonds. The molecule has 0 heterocycles. The summed E-state index contributed by atoms with van der Waals surface area (Å²) in [6.45, 7) is 10.2. The normalized spacial score (nSPS) is 8.58. The average molecular weight is 170 g/mol. The van der Waals surface area contributed by atoms with Crippen LogP contribution in [0.2, 0.25) is 0 Å². The van der Waals surface area contributed by atoms with Crippen molar-refractivity contribution >= 4 is 0 Å². The molecule has 0 aromatic rings. The summed E-state index contributed by atoms with van der Waals surface area (Å²) in [4.78, 5) is 0. The Morgan fingerprint density at radius 1 is 0.833 bits per heavy atom. The zero-order valence-corrected chi connectivity index (χ0v) is 9.23. The van der Waals surface area contributed by atoms with Gasteiger partial charge < -0.3 is 0 Å². The van der Waals surface area contributed by atoms with Crippen molar-refractivity contribution in [1.29, 1.82) is 0 Å². The average Bonchev–Trinajstić information content (AvgIpc) is 2.12. The minimum absolute atomic E-state index is 1.18. The summed E-state index contributed by atoms with van der Waals surface area (Å²) in [5.74, 6) is 0. The molecule has 0 aromatic heterocycles. The summed E-state index contributed by atoms with van der Waals surface area (Å²) in [6.07, 6.45) is 11.3. The van der Waals surface area contributed by atoms with Crippen molar-refractivity contribution < 1.29 is 0 Å². The number of hydrogen-bond donors (Lipinski definition) is 0. The van der Waals surface area contributed by atoms with Crippen molar-refractivity contribution in [3.8, 4) is 0 Å². The number of allylic oxidation sites excluding steroid dienone is 1. The summed E-state index contributed by atoms with van der Waals surface area (Å²) in [7, 11) is 0. The summed E-state index contributed by atoms with van der Waals surface area (Å²) < 4.78 is 0. The Kier molecular flexibility index (Phi) is 20.2. The van der Waals surface area contributed by atoms with Gasteiger partial charge in [-0.2, -0.15) is 0 Å². The van der Waals surface area contributed by atoms with Gasteiger partial charge in [0.25, 0.3) is 0 Å². The molecule has 0 N–H and O–H groups in total. The molecule has 74 valence electrons. The first-order valence-electron chi connectivity index (χ1n) is 5.44. The summed E-state index contributed by atoms with van der Waals surface area (Å²) in [5.41, 5.74) is 0. The van der Waals surface area contributed by atoms with Gasteiger partial charge >= 0.3 is 0 Å². The van der Waals surface area contributed by atoms with Gasteiger partial charge in [0.2, 0.25) is 0 Å². The van der Waals surface area contributed by atoms with Crippen molar-refractivity contribution in [2.24, 2.45) is 0 Å². The second-order valence-corrected chi connectivity index (χ2v) is 3.14. The van der Waals surface area contributed by atoms with Crippen LogP contribution in [0.15, 0.2) is 12.7 Å². The van der Waals surface area contributed by atoms with Gasteiger partial charge in [0.15, 0.2) is 0 Å². The van der Waals surface area contributed by atoms with Crippen molar-refractivity contribution in [3.05, 3.63) is 12.7 Å². The van der Waals surface area contributed by atoms with E-state index >= 15 is 0 Å². The van der Waals surface area contributed by atoms with Gasteiger partial charge in [-0.05, 0) is 6.42 Å². The first-order chi connectivity index (χ1) is 5.83. The fraction of sp³-hybridized carbons (Fsp3) is 0.833. The van der Waals surface area contributed by atoms with E-state index in [-0.39, 0.29) is 0 Å².